The second-order valence-corrected chi connectivity index (χ2v) is 6.31. The van der Waals surface area contributed by atoms with Gasteiger partial charge in [0.05, 0.1) is 0 Å². The summed E-state index contributed by atoms with van der Waals surface area (Å²) in [7, 11) is -2.15. The monoisotopic (exact) mass is 328 g/mol. The number of unbranched alkanes of at least 4 members (excludes halogenated alkanes) is 1. The van der Waals surface area contributed by atoms with Gasteiger partial charge in [-0.05, 0) is 26.8 Å². The molecular formula is C11H19F3N4O2S. The molecule has 0 aliphatic rings. The summed E-state index contributed by atoms with van der Waals surface area (Å²) in [5.41, 5.74) is 1.14. The van der Waals surface area contributed by atoms with Crippen LogP contribution in [-0.4, -0.2) is 38.4 Å². The second-order valence-electron chi connectivity index (χ2n) is 4.63. The lowest BCUT2D eigenvalue weighted by Gasteiger charge is -2.08. The summed E-state index contributed by atoms with van der Waals surface area (Å²) >= 11 is 0. The van der Waals surface area contributed by atoms with Gasteiger partial charge in [0.2, 0.25) is 0 Å². The Morgan fingerprint density at radius 3 is 2.52 bits per heavy atom. The third-order valence-electron chi connectivity index (χ3n) is 2.82. The van der Waals surface area contributed by atoms with Crippen LogP contribution in [0, 0.1) is 6.92 Å². The average molecular weight is 328 g/mol. The Bertz CT molecular complexity index is 554. The quantitative estimate of drug-likeness (QED) is 0.630. The largest absolute Gasteiger partial charge is 0.389 e. The van der Waals surface area contributed by atoms with Gasteiger partial charge in [0.25, 0.3) is 10.0 Å². The van der Waals surface area contributed by atoms with E-state index in [1.54, 1.807) is 14.0 Å². The number of halogens is 3. The zero-order chi connectivity index (χ0) is 16.1. The number of rotatable bonds is 8. The number of aryl methyl sites for hydroxylation is 1. The number of H-pyrrole nitrogens is 1. The van der Waals surface area contributed by atoms with Gasteiger partial charge >= 0.3 is 6.18 Å². The lowest BCUT2D eigenvalue weighted by molar-refractivity contribution is -0.135. The van der Waals surface area contributed by atoms with Crippen LogP contribution < -0.4 is 10.0 Å². The molecule has 0 saturated heterocycles. The number of nitrogens with one attached hydrogen (secondary N) is 3. The van der Waals surface area contributed by atoms with E-state index in [0.29, 0.717) is 17.8 Å². The molecule has 1 aromatic heterocycles. The van der Waals surface area contributed by atoms with Crippen LogP contribution in [0.25, 0.3) is 0 Å². The van der Waals surface area contributed by atoms with Gasteiger partial charge in [0, 0.05) is 30.8 Å². The molecule has 3 N–H and O–H groups in total. The van der Waals surface area contributed by atoms with Crippen molar-refractivity contribution in [1.82, 2.24) is 20.2 Å². The number of aromatic amines is 1. The van der Waals surface area contributed by atoms with Crippen molar-refractivity contribution in [2.24, 2.45) is 0 Å². The SMILES string of the molecule is CNCc1c(S(=O)(=O)NCCCCC(F)(F)F)n[nH]c1C. The molecule has 10 heteroatoms. The first-order valence-corrected chi connectivity index (χ1v) is 7.90. The number of alkyl halides is 3. The summed E-state index contributed by atoms with van der Waals surface area (Å²) in [6, 6.07) is 0. The smallest absolute Gasteiger partial charge is 0.316 e. The first kappa shape index (κ1) is 17.9. The molecule has 1 aromatic rings. The van der Waals surface area contributed by atoms with Crippen molar-refractivity contribution in [3.8, 4) is 0 Å². The molecule has 0 aliphatic carbocycles. The van der Waals surface area contributed by atoms with E-state index in [-0.39, 0.29) is 24.4 Å². The molecule has 6 nitrogen and oxygen atoms in total. The highest BCUT2D eigenvalue weighted by molar-refractivity contribution is 7.89. The van der Waals surface area contributed by atoms with Crippen molar-refractivity contribution in [3.05, 3.63) is 11.3 Å². The Morgan fingerprint density at radius 1 is 1.29 bits per heavy atom. The van der Waals surface area contributed by atoms with Gasteiger partial charge in [-0.2, -0.15) is 18.3 Å². The highest BCUT2D eigenvalue weighted by Gasteiger charge is 2.26. The molecular weight excluding hydrogens is 309 g/mol. The highest BCUT2D eigenvalue weighted by atomic mass is 32.2. The lowest BCUT2D eigenvalue weighted by Crippen LogP contribution is -2.27. The molecule has 0 unspecified atom stereocenters. The zero-order valence-electron chi connectivity index (χ0n) is 11.8. The summed E-state index contributed by atoms with van der Waals surface area (Å²) in [4.78, 5) is 0. The van der Waals surface area contributed by atoms with Crippen LogP contribution in [0.4, 0.5) is 13.2 Å². The van der Waals surface area contributed by atoms with E-state index >= 15 is 0 Å². The summed E-state index contributed by atoms with van der Waals surface area (Å²) < 4.78 is 62.3. The Kier molecular flexibility index (Phi) is 6.17. The first-order chi connectivity index (χ1) is 9.67. The van der Waals surface area contributed by atoms with Crippen molar-refractivity contribution < 1.29 is 21.6 Å². The van der Waals surface area contributed by atoms with E-state index in [2.05, 4.69) is 20.2 Å². The molecule has 0 aliphatic heterocycles. The van der Waals surface area contributed by atoms with E-state index < -0.39 is 22.6 Å². The van der Waals surface area contributed by atoms with Crippen LogP contribution in [-0.2, 0) is 16.6 Å². The maximum atomic E-state index is 12.1. The Balaban J connectivity index is 2.58. The maximum Gasteiger partial charge on any atom is 0.389 e. The summed E-state index contributed by atoms with van der Waals surface area (Å²) in [5, 5.41) is 9.06. The fourth-order valence-corrected chi connectivity index (χ4v) is 3.03. The number of nitrogens with zero attached hydrogens (tertiary/aromatic N) is 1. The van der Waals surface area contributed by atoms with Crippen LogP contribution in [0.3, 0.4) is 0 Å². The minimum Gasteiger partial charge on any atom is -0.316 e. The topological polar surface area (TPSA) is 86.9 Å². The van der Waals surface area contributed by atoms with Crippen LogP contribution in [0.15, 0.2) is 5.03 Å². The third kappa shape index (κ3) is 5.64. The molecule has 0 spiro atoms. The van der Waals surface area contributed by atoms with Gasteiger partial charge in [-0.25, -0.2) is 13.1 Å². The minimum absolute atomic E-state index is 0.0523. The zero-order valence-corrected chi connectivity index (χ0v) is 12.7. The fraction of sp³-hybridized carbons (Fsp3) is 0.727. The van der Waals surface area contributed by atoms with Crippen LogP contribution in [0.1, 0.15) is 30.5 Å². The standard InChI is InChI=1S/C11H19F3N4O2S/c1-8-9(7-15-2)10(18-17-8)21(19,20)16-6-4-3-5-11(12,13)14/h15-16H,3-7H2,1-2H3,(H,17,18). The number of sulfonamides is 1. The van der Waals surface area contributed by atoms with E-state index in [1.807, 2.05) is 0 Å². The third-order valence-corrected chi connectivity index (χ3v) is 4.25. The molecule has 21 heavy (non-hydrogen) atoms. The summed E-state index contributed by atoms with van der Waals surface area (Å²) in [6.45, 7) is 1.97. The molecule has 0 bridgehead atoms. The molecule has 0 radical (unpaired) electrons. The molecule has 0 amide bonds. The second kappa shape index (κ2) is 7.23. The maximum absolute atomic E-state index is 12.1. The molecule has 0 saturated carbocycles. The average Bonchev–Trinajstić information content (AvgIpc) is 2.70. The molecule has 122 valence electrons. The fourth-order valence-electron chi connectivity index (χ4n) is 1.76. The highest BCUT2D eigenvalue weighted by Crippen LogP contribution is 2.22. The Morgan fingerprint density at radius 2 is 1.95 bits per heavy atom. The predicted molar refractivity (Wildman–Crippen MR) is 71.2 cm³/mol. The van der Waals surface area contributed by atoms with Crippen molar-refractivity contribution in [3.63, 3.8) is 0 Å². The van der Waals surface area contributed by atoms with Crippen molar-refractivity contribution >= 4 is 10.0 Å². The van der Waals surface area contributed by atoms with Gasteiger partial charge in [-0.15, -0.1) is 0 Å². The predicted octanol–water partition coefficient (Wildman–Crippen LogP) is 1.45. The van der Waals surface area contributed by atoms with Gasteiger partial charge in [-0.3, -0.25) is 5.10 Å². The number of aromatic nitrogens is 2. The van der Waals surface area contributed by atoms with Gasteiger partial charge in [-0.1, -0.05) is 0 Å². The van der Waals surface area contributed by atoms with Gasteiger partial charge < -0.3 is 5.32 Å². The van der Waals surface area contributed by atoms with Crippen LogP contribution in [0.2, 0.25) is 0 Å². The van der Waals surface area contributed by atoms with E-state index in [4.69, 9.17) is 0 Å². The van der Waals surface area contributed by atoms with E-state index in [1.165, 1.54) is 0 Å². The number of hydrogen-bond donors (Lipinski definition) is 3. The van der Waals surface area contributed by atoms with Gasteiger partial charge in [0.1, 0.15) is 0 Å². The van der Waals surface area contributed by atoms with Crippen molar-refractivity contribution in [1.29, 1.82) is 0 Å². The minimum atomic E-state index is -4.21. The van der Waals surface area contributed by atoms with Crippen LogP contribution in [0.5, 0.6) is 0 Å². The summed E-state index contributed by atoms with van der Waals surface area (Å²) in [6.07, 6.45) is -5.13. The number of hydrogen-bond acceptors (Lipinski definition) is 4. The van der Waals surface area contributed by atoms with Crippen molar-refractivity contribution in [2.45, 2.75) is 43.9 Å². The molecule has 1 heterocycles. The van der Waals surface area contributed by atoms with Crippen molar-refractivity contribution in [2.75, 3.05) is 13.6 Å². The lowest BCUT2D eigenvalue weighted by atomic mass is 10.2. The Labute approximate surface area is 121 Å². The molecule has 1 rings (SSSR count). The molecule has 0 atom stereocenters. The van der Waals surface area contributed by atoms with Gasteiger partial charge in [0.15, 0.2) is 5.03 Å². The normalized spacial score (nSPS) is 12.8. The van der Waals surface area contributed by atoms with E-state index in [9.17, 15) is 21.6 Å². The first-order valence-electron chi connectivity index (χ1n) is 6.42. The summed E-state index contributed by atoms with van der Waals surface area (Å²) in [5.74, 6) is 0. The molecule has 0 fully saturated rings. The van der Waals surface area contributed by atoms with Crippen LogP contribution >= 0.6 is 0 Å². The molecule has 0 aromatic carbocycles. The van der Waals surface area contributed by atoms with E-state index in [0.717, 1.165) is 0 Å². The Hall–Kier alpha value is -1.13.